The third kappa shape index (κ3) is 2.63. The lowest BCUT2D eigenvalue weighted by Gasteiger charge is -2.01. The zero-order chi connectivity index (χ0) is 13.1. The van der Waals surface area contributed by atoms with Crippen LogP contribution in [-0.2, 0) is 6.54 Å². The van der Waals surface area contributed by atoms with Crippen molar-refractivity contribution in [3.8, 4) is 11.1 Å². The molecule has 0 radical (unpaired) electrons. The SMILES string of the molecule is Nc1ccnc(Cn2cc(-c3ccccc3)cn2)c1. The Bertz CT molecular complexity index is 673. The first-order valence-electron chi connectivity index (χ1n) is 6.09. The number of hydrogen-bond acceptors (Lipinski definition) is 3. The second-order valence-corrected chi connectivity index (χ2v) is 4.37. The molecule has 0 aliphatic heterocycles. The molecule has 4 heteroatoms. The molecule has 2 N–H and O–H groups in total. The Labute approximate surface area is 111 Å². The van der Waals surface area contributed by atoms with Crippen LogP contribution < -0.4 is 5.73 Å². The van der Waals surface area contributed by atoms with Crippen LogP contribution in [0.4, 0.5) is 5.69 Å². The zero-order valence-corrected chi connectivity index (χ0v) is 10.4. The van der Waals surface area contributed by atoms with Crippen LogP contribution in [0.5, 0.6) is 0 Å². The largest absolute Gasteiger partial charge is 0.399 e. The van der Waals surface area contributed by atoms with E-state index in [1.807, 2.05) is 41.3 Å². The molecule has 0 fully saturated rings. The number of nitrogens with two attached hydrogens (primary N) is 1. The summed E-state index contributed by atoms with van der Waals surface area (Å²) in [4.78, 5) is 4.28. The Hall–Kier alpha value is -2.62. The minimum Gasteiger partial charge on any atom is -0.399 e. The molecule has 0 saturated carbocycles. The quantitative estimate of drug-likeness (QED) is 0.777. The first-order valence-corrected chi connectivity index (χ1v) is 6.09. The van der Waals surface area contributed by atoms with Crippen molar-refractivity contribution < 1.29 is 0 Å². The molecule has 0 bridgehead atoms. The highest BCUT2D eigenvalue weighted by Crippen LogP contribution is 2.18. The van der Waals surface area contributed by atoms with Gasteiger partial charge >= 0.3 is 0 Å². The fourth-order valence-electron chi connectivity index (χ4n) is 1.98. The molecular formula is C15H14N4. The Balaban J connectivity index is 1.82. The zero-order valence-electron chi connectivity index (χ0n) is 10.4. The molecule has 2 aromatic heterocycles. The lowest BCUT2D eigenvalue weighted by molar-refractivity contribution is 0.673. The maximum atomic E-state index is 5.74. The van der Waals surface area contributed by atoms with E-state index < -0.39 is 0 Å². The van der Waals surface area contributed by atoms with Crippen LogP contribution in [0.15, 0.2) is 61.1 Å². The van der Waals surface area contributed by atoms with E-state index in [-0.39, 0.29) is 0 Å². The van der Waals surface area contributed by atoms with E-state index >= 15 is 0 Å². The second-order valence-electron chi connectivity index (χ2n) is 4.37. The average molecular weight is 250 g/mol. The lowest BCUT2D eigenvalue weighted by atomic mass is 10.1. The number of hydrogen-bond donors (Lipinski definition) is 1. The molecule has 0 atom stereocenters. The van der Waals surface area contributed by atoms with Crippen molar-refractivity contribution in [3.05, 3.63) is 66.7 Å². The molecule has 0 amide bonds. The topological polar surface area (TPSA) is 56.7 Å². The van der Waals surface area contributed by atoms with E-state index in [1.165, 1.54) is 0 Å². The van der Waals surface area contributed by atoms with Gasteiger partial charge in [0, 0.05) is 23.6 Å². The van der Waals surface area contributed by atoms with Crippen molar-refractivity contribution in [2.45, 2.75) is 6.54 Å². The van der Waals surface area contributed by atoms with Gasteiger partial charge in [-0.2, -0.15) is 5.10 Å². The predicted octanol–water partition coefficient (Wildman–Crippen LogP) is 2.58. The number of pyridine rings is 1. The maximum absolute atomic E-state index is 5.74. The molecule has 19 heavy (non-hydrogen) atoms. The van der Waals surface area contributed by atoms with Gasteiger partial charge in [-0.1, -0.05) is 30.3 Å². The van der Waals surface area contributed by atoms with Crippen LogP contribution in [0, 0.1) is 0 Å². The average Bonchev–Trinajstić information content (AvgIpc) is 2.88. The lowest BCUT2D eigenvalue weighted by Crippen LogP contribution is -2.02. The maximum Gasteiger partial charge on any atom is 0.0832 e. The fourth-order valence-corrected chi connectivity index (χ4v) is 1.98. The Morgan fingerprint density at radius 3 is 2.68 bits per heavy atom. The third-order valence-corrected chi connectivity index (χ3v) is 2.90. The highest BCUT2D eigenvalue weighted by atomic mass is 15.3. The molecule has 94 valence electrons. The van der Waals surface area contributed by atoms with Gasteiger partial charge in [0.1, 0.15) is 0 Å². The second kappa shape index (κ2) is 4.94. The van der Waals surface area contributed by atoms with Crippen LogP contribution in [-0.4, -0.2) is 14.8 Å². The van der Waals surface area contributed by atoms with Crippen LogP contribution >= 0.6 is 0 Å². The molecule has 0 aliphatic rings. The number of benzene rings is 1. The van der Waals surface area contributed by atoms with Gasteiger partial charge in [0.15, 0.2) is 0 Å². The first-order chi connectivity index (χ1) is 9.31. The van der Waals surface area contributed by atoms with Gasteiger partial charge in [-0.25, -0.2) is 0 Å². The van der Waals surface area contributed by atoms with Crippen LogP contribution in [0.3, 0.4) is 0 Å². The minimum atomic E-state index is 0.623. The highest BCUT2D eigenvalue weighted by molar-refractivity contribution is 5.61. The molecule has 3 rings (SSSR count). The molecule has 0 saturated heterocycles. The summed E-state index contributed by atoms with van der Waals surface area (Å²) in [6.45, 7) is 0.623. The van der Waals surface area contributed by atoms with Gasteiger partial charge in [0.25, 0.3) is 0 Å². The first kappa shape index (κ1) is 11.5. The normalized spacial score (nSPS) is 10.5. The number of rotatable bonds is 3. The van der Waals surface area contributed by atoms with Crippen molar-refractivity contribution >= 4 is 5.69 Å². The third-order valence-electron chi connectivity index (χ3n) is 2.90. The van der Waals surface area contributed by atoms with Gasteiger partial charge in [0.05, 0.1) is 18.4 Å². The van der Waals surface area contributed by atoms with E-state index in [2.05, 4.69) is 22.2 Å². The smallest absolute Gasteiger partial charge is 0.0832 e. The standard InChI is InChI=1S/C15H14N4/c16-14-6-7-17-15(8-14)11-19-10-13(9-18-19)12-4-2-1-3-5-12/h1-10H,11H2,(H2,16,17). The van der Waals surface area contributed by atoms with Gasteiger partial charge < -0.3 is 5.73 Å². The van der Waals surface area contributed by atoms with Crippen LogP contribution in [0.25, 0.3) is 11.1 Å². The van der Waals surface area contributed by atoms with Crippen molar-refractivity contribution in [3.63, 3.8) is 0 Å². The summed E-state index contributed by atoms with van der Waals surface area (Å²) in [5.74, 6) is 0. The number of nitrogen functional groups attached to an aromatic ring is 1. The van der Waals surface area contributed by atoms with E-state index in [1.54, 1.807) is 12.3 Å². The van der Waals surface area contributed by atoms with Crippen LogP contribution in [0.2, 0.25) is 0 Å². The van der Waals surface area contributed by atoms with Crippen molar-refractivity contribution in [1.82, 2.24) is 14.8 Å². The van der Waals surface area contributed by atoms with Crippen LogP contribution in [0.1, 0.15) is 5.69 Å². The summed E-state index contributed by atoms with van der Waals surface area (Å²) in [7, 11) is 0. The fraction of sp³-hybridized carbons (Fsp3) is 0.0667. The summed E-state index contributed by atoms with van der Waals surface area (Å²) in [5, 5.41) is 4.35. The van der Waals surface area contributed by atoms with Crippen molar-refractivity contribution in [2.24, 2.45) is 0 Å². The number of anilines is 1. The summed E-state index contributed by atoms with van der Waals surface area (Å²) in [5.41, 5.74) is 9.63. The molecule has 1 aromatic carbocycles. The Kier molecular flexibility index (Phi) is 2.98. The summed E-state index contributed by atoms with van der Waals surface area (Å²) < 4.78 is 1.87. The number of aromatic nitrogens is 3. The number of nitrogens with zero attached hydrogens (tertiary/aromatic N) is 3. The molecule has 4 nitrogen and oxygen atoms in total. The Morgan fingerprint density at radius 2 is 1.89 bits per heavy atom. The minimum absolute atomic E-state index is 0.623. The Morgan fingerprint density at radius 1 is 1.05 bits per heavy atom. The monoisotopic (exact) mass is 250 g/mol. The van der Waals surface area contributed by atoms with E-state index in [4.69, 9.17) is 5.73 Å². The highest BCUT2D eigenvalue weighted by Gasteiger charge is 2.02. The summed E-state index contributed by atoms with van der Waals surface area (Å²) in [6, 6.07) is 13.8. The van der Waals surface area contributed by atoms with Gasteiger partial charge in [0.2, 0.25) is 0 Å². The summed E-state index contributed by atoms with van der Waals surface area (Å²) in [6.07, 6.45) is 5.59. The van der Waals surface area contributed by atoms with Crippen molar-refractivity contribution in [1.29, 1.82) is 0 Å². The van der Waals surface area contributed by atoms with E-state index in [0.717, 1.165) is 22.5 Å². The molecule has 0 unspecified atom stereocenters. The molecule has 2 heterocycles. The molecule has 0 spiro atoms. The van der Waals surface area contributed by atoms with Gasteiger partial charge in [-0.15, -0.1) is 0 Å². The molecule has 0 aliphatic carbocycles. The predicted molar refractivity (Wildman–Crippen MR) is 75.4 cm³/mol. The van der Waals surface area contributed by atoms with E-state index in [0.29, 0.717) is 6.54 Å². The van der Waals surface area contributed by atoms with E-state index in [9.17, 15) is 0 Å². The molecular weight excluding hydrogens is 236 g/mol. The molecule has 3 aromatic rings. The van der Waals surface area contributed by atoms with Crippen molar-refractivity contribution in [2.75, 3.05) is 5.73 Å². The van der Waals surface area contributed by atoms with Gasteiger partial charge in [-0.05, 0) is 17.7 Å². The van der Waals surface area contributed by atoms with Gasteiger partial charge in [-0.3, -0.25) is 9.67 Å². The summed E-state index contributed by atoms with van der Waals surface area (Å²) >= 11 is 0.